The van der Waals surface area contributed by atoms with Crippen LogP contribution in [0.15, 0.2) is 0 Å². The molecule has 0 spiro atoms. The van der Waals surface area contributed by atoms with E-state index in [0.717, 1.165) is 38.5 Å². The van der Waals surface area contributed by atoms with Gasteiger partial charge >= 0.3 is 7.60 Å². The van der Waals surface area contributed by atoms with Crippen LogP contribution in [0.25, 0.3) is 0 Å². The molecule has 0 aromatic rings. The number of hydrogen-bond donors (Lipinski definition) is 2. The van der Waals surface area contributed by atoms with E-state index in [2.05, 4.69) is 13.8 Å². The van der Waals surface area contributed by atoms with Crippen LogP contribution < -0.4 is 0 Å². The van der Waals surface area contributed by atoms with Crippen LogP contribution in [0.3, 0.4) is 0 Å². The lowest BCUT2D eigenvalue weighted by atomic mass is 10.1. The average molecular weight is 235 g/mol. The van der Waals surface area contributed by atoms with E-state index in [0.29, 0.717) is 18.5 Å². The van der Waals surface area contributed by atoms with E-state index >= 15 is 0 Å². The average Bonchev–Trinajstić information content (AvgIpc) is 2.14. The zero-order valence-electron chi connectivity index (χ0n) is 9.91. The molecule has 0 atom stereocenters. The highest BCUT2D eigenvalue weighted by Crippen LogP contribution is 2.52. The standard InChI is InChI=1S/C11H24O3P/c1-3-5-7-9-11(15(12,13)14)10-8-6-4-2/h3-10H2,1-2H3,(H2,12,13,14). The molecule has 0 aliphatic rings. The lowest BCUT2D eigenvalue weighted by Crippen LogP contribution is -1.99. The van der Waals surface area contributed by atoms with Crippen molar-refractivity contribution in [1.82, 2.24) is 0 Å². The Balaban J connectivity index is 3.91. The van der Waals surface area contributed by atoms with E-state index in [9.17, 15) is 4.57 Å². The SMILES string of the molecule is CCCCC[C](CCCCC)P(=O)(O)O. The number of rotatable bonds is 9. The maximum Gasteiger partial charge on any atom is 0.332 e. The van der Waals surface area contributed by atoms with Crippen molar-refractivity contribution < 1.29 is 14.4 Å². The van der Waals surface area contributed by atoms with Gasteiger partial charge in [-0.3, -0.25) is 4.57 Å². The number of hydrogen-bond acceptors (Lipinski definition) is 1. The first-order valence-corrected chi connectivity index (χ1v) is 7.54. The zero-order valence-corrected chi connectivity index (χ0v) is 10.8. The highest BCUT2D eigenvalue weighted by atomic mass is 31.2. The molecule has 0 amide bonds. The molecule has 0 fully saturated rings. The van der Waals surface area contributed by atoms with E-state index in [1.807, 2.05) is 0 Å². The first-order valence-electron chi connectivity index (χ1n) is 5.93. The monoisotopic (exact) mass is 235 g/mol. The Kier molecular flexibility index (Phi) is 8.40. The third-order valence-electron chi connectivity index (χ3n) is 2.55. The lowest BCUT2D eigenvalue weighted by molar-refractivity contribution is 0.366. The fourth-order valence-electron chi connectivity index (χ4n) is 1.57. The van der Waals surface area contributed by atoms with Gasteiger partial charge in [0.05, 0.1) is 5.66 Å². The van der Waals surface area contributed by atoms with Gasteiger partial charge in [0.1, 0.15) is 0 Å². The van der Waals surface area contributed by atoms with Crippen LogP contribution in [0.2, 0.25) is 0 Å². The smallest absolute Gasteiger partial charge is 0.324 e. The van der Waals surface area contributed by atoms with Gasteiger partial charge in [-0.05, 0) is 12.8 Å². The summed E-state index contributed by atoms with van der Waals surface area (Å²) >= 11 is 0. The minimum Gasteiger partial charge on any atom is -0.324 e. The van der Waals surface area contributed by atoms with Crippen LogP contribution in [0.4, 0.5) is 0 Å². The van der Waals surface area contributed by atoms with Gasteiger partial charge in [-0.25, -0.2) is 0 Å². The molecule has 0 aliphatic heterocycles. The predicted molar refractivity (Wildman–Crippen MR) is 63.6 cm³/mol. The molecule has 0 bridgehead atoms. The Bertz CT molecular complexity index is 178. The highest BCUT2D eigenvalue weighted by Gasteiger charge is 2.28. The predicted octanol–water partition coefficient (Wildman–Crippen LogP) is 3.86. The summed E-state index contributed by atoms with van der Waals surface area (Å²) in [6.07, 6.45) is 7.29. The molecule has 0 aliphatic carbocycles. The Hall–Kier alpha value is 0.150. The molecule has 0 aromatic carbocycles. The van der Waals surface area contributed by atoms with Crippen LogP contribution >= 0.6 is 7.60 Å². The highest BCUT2D eigenvalue weighted by molar-refractivity contribution is 7.55. The van der Waals surface area contributed by atoms with E-state index < -0.39 is 7.60 Å². The summed E-state index contributed by atoms with van der Waals surface area (Å²) in [5.41, 5.74) is 0.462. The summed E-state index contributed by atoms with van der Waals surface area (Å²) in [6.45, 7) is 4.18. The fourth-order valence-corrected chi connectivity index (χ4v) is 2.47. The summed E-state index contributed by atoms with van der Waals surface area (Å²) in [4.78, 5) is 18.3. The summed E-state index contributed by atoms with van der Waals surface area (Å²) in [6, 6.07) is 0. The molecule has 0 heterocycles. The molecule has 0 saturated heterocycles. The van der Waals surface area contributed by atoms with Crippen molar-refractivity contribution >= 4 is 7.60 Å². The molecule has 0 rings (SSSR count). The van der Waals surface area contributed by atoms with Crippen molar-refractivity contribution in [3.8, 4) is 0 Å². The van der Waals surface area contributed by atoms with Gasteiger partial charge in [-0.1, -0.05) is 52.4 Å². The van der Waals surface area contributed by atoms with Crippen molar-refractivity contribution in [2.45, 2.75) is 65.2 Å². The van der Waals surface area contributed by atoms with Crippen LogP contribution in [-0.4, -0.2) is 9.79 Å². The molecule has 2 N–H and O–H groups in total. The molecule has 4 heteroatoms. The van der Waals surface area contributed by atoms with E-state index in [-0.39, 0.29) is 0 Å². The van der Waals surface area contributed by atoms with E-state index in [1.165, 1.54) is 0 Å². The van der Waals surface area contributed by atoms with Gasteiger partial charge in [0.25, 0.3) is 0 Å². The van der Waals surface area contributed by atoms with Gasteiger partial charge in [0.15, 0.2) is 0 Å². The minimum atomic E-state index is -3.94. The summed E-state index contributed by atoms with van der Waals surface area (Å²) in [7, 11) is -3.94. The van der Waals surface area contributed by atoms with E-state index in [1.54, 1.807) is 0 Å². The summed E-state index contributed by atoms with van der Waals surface area (Å²) in [5.74, 6) is 0. The van der Waals surface area contributed by atoms with Gasteiger partial charge in [0, 0.05) is 0 Å². The van der Waals surface area contributed by atoms with Crippen molar-refractivity contribution in [3.05, 3.63) is 5.66 Å². The van der Waals surface area contributed by atoms with Gasteiger partial charge in [0.2, 0.25) is 0 Å². The van der Waals surface area contributed by atoms with Crippen LogP contribution in [-0.2, 0) is 4.57 Å². The Morgan fingerprint density at radius 3 is 1.60 bits per heavy atom. The van der Waals surface area contributed by atoms with Crippen LogP contribution in [0.1, 0.15) is 65.2 Å². The largest absolute Gasteiger partial charge is 0.332 e. The Labute approximate surface area is 93.4 Å². The molecular formula is C11H24O3P. The molecule has 0 unspecified atom stereocenters. The topological polar surface area (TPSA) is 57.5 Å². The first-order chi connectivity index (χ1) is 7.02. The molecular weight excluding hydrogens is 211 g/mol. The molecule has 91 valence electrons. The van der Waals surface area contributed by atoms with Crippen molar-refractivity contribution in [2.75, 3.05) is 0 Å². The molecule has 3 nitrogen and oxygen atoms in total. The molecule has 1 radical (unpaired) electrons. The second kappa shape index (κ2) is 8.32. The zero-order chi connectivity index (χ0) is 11.7. The quantitative estimate of drug-likeness (QED) is 0.471. The maximum atomic E-state index is 11.2. The molecule has 0 saturated carbocycles. The lowest BCUT2D eigenvalue weighted by Gasteiger charge is -2.17. The fraction of sp³-hybridized carbons (Fsp3) is 0.909. The number of unbranched alkanes of at least 4 members (excludes halogenated alkanes) is 4. The third-order valence-corrected chi connectivity index (χ3v) is 3.82. The van der Waals surface area contributed by atoms with E-state index in [4.69, 9.17) is 9.79 Å². The molecule has 15 heavy (non-hydrogen) atoms. The minimum absolute atomic E-state index is 0.462. The van der Waals surface area contributed by atoms with Gasteiger partial charge in [-0.2, -0.15) is 0 Å². The van der Waals surface area contributed by atoms with Gasteiger partial charge < -0.3 is 9.79 Å². The first kappa shape index (κ1) is 15.2. The second-order valence-electron chi connectivity index (χ2n) is 4.02. The van der Waals surface area contributed by atoms with Crippen molar-refractivity contribution in [1.29, 1.82) is 0 Å². The second-order valence-corrected chi connectivity index (χ2v) is 5.74. The third kappa shape index (κ3) is 8.01. The van der Waals surface area contributed by atoms with Crippen LogP contribution in [0, 0.1) is 5.66 Å². The van der Waals surface area contributed by atoms with Crippen LogP contribution in [0.5, 0.6) is 0 Å². The van der Waals surface area contributed by atoms with Crippen molar-refractivity contribution in [3.63, 3.8) is 0 Å². The summed E-state index contributed by atoms with van der Waals surface area (Å²) in [5, 5.41) is 0. The van der Waals surface area contributed by atoms with Crippen molar-refractivity contribution in [2.24, 2.45) is 0 Å². The molecule has 0 aromatic heterocycles. The normalized spacial score (nSPS) is 12.3. The Morgan fingerprint density at radius 2 is 1.33 bits per heavy atom. The Morgan fingerprint density at radius 1 is 0.933 bits per heavy atom. The maximum absolute atomic E-state index is 11.2. The summed E-state index contributed by atoms with van der Waals surface area (Å²) < 4.78 is 11.2. The van der Waals surface area contributed by atoms with Gasteiger partial charge in [-0.15, -0.1) is 0 Å².